The van der Waals surface area contributed by atoms with Gasteiger partial charge in [-0.15, -0.1) is 0 Å². The predicted molar refractivity (Wildman–Crippen MR) is 53.1 cm³/mol. The van der Waals surface area contributed by atoms with E-state index >= 15 is 0 Å². The highest BCUT2D eigenvalue weighted by molar-refractivity contribution is 5.20. The number of nitrogens with zero attached hydrogens (tertiary/aromatic N) is 1. The summed E-state index contributed by atoms with van der Waals surface area (Å²) in [5, 5.41) is 2.89. The molecule has 1 unspecified atom stereocenters. The van der Waals surface area contributed by atoms with E-state index in [1.54, 1.807) is 13.1 Å². The molecule has 90 valence electrons. The number of nitrogens with one attached hydrogen (secondary N) is 1. The van der Waals surface area contributed by atoms with Crippen LogP contribution < -0.4 is 10.1 Å². The van der Waals surface area contributed by atoms with Crippen molar-refractivity contribution >= 4 is 0 Å². The lowest BCUT2D eigenvalue weighted by Crippen LogP contribution is -2.31. The predicted octanol–water partition coefficient (Wildman–Crippen LogP) is 2.13. The Morgan fingerprint density at radius 3 is 2.75 bits per heavy atom. The number of aromatic nitrogens is 1. The van der Waals surface area contributed by atoms with Crippen molar-refractivity contribution in [3.8, 4) is 5.88 Å². The SMILES string of the molecule is CNCc1ccnc(OC(C)C(F)(F)F)c1. The third-order valence-corrected chi connectivity index (χ3v) is 1.94. The van der Waals surface area contributed by atoms with Gasteiger partial charge in [0.1, 0.15) is 0 Å². The third kappa shape index (κ3) is 3.69. The zero-order chi connectivity index (χ0) is 12.2. The fourth-order valence-corrected chi connectivity index (χ4v) is 1.08. The van der Waals surface area contributed by atoms with E-state index < -0.39 is 12.3 Å². The van der Waals surface area contributed by atoms with Crippen LogP contribution in [0.5, 0.6) is 5.88 Å². The normalized spacial score (nSPS) is 13.6. The van der Waals surface area contributed by atoms with Gasteiger partial charge in [-0.2, -0.15) is 13.2 Å². The van der Waals surface area contributed by atoms with Gasteiger partial charge in [0.2, 0.25) is 5.88 Å². The topological polar surface area (TPSA) is 34.2 Å². The fraction of sp³-hybridized carbons (Fsp3) is 0.500. The Morgan fingerprint density at radius 2 is 2.19 bits per heavy atom. The summed E-state index contributed by atoms with van der Waals surface area (Å²) in [6, 6.07) is 3.19. The molecular formula is C10H13F3N2O. The molecule has 1 atom stereocenters. The summed E-state index contributed by atoms with van der Waals surface area (Å²) < 4.78 is 41.4. The second-order valence-corrected chi connectivity index (χ2v) is 3.33. The van der Waals surface area contributed by atoms with Crippen LogP contribution in [0.25, 0.3) is 0 Å². The molecule has 1 rings (SSSR count). The maximum atomic E-state index is 12.2. The van der Waals surface area contributed by atoms with Crippen LogP contribution in [0.15, 0.2) is 18.3 Å². The number of hydrogen-bond acceptors (Lipinski definition) is 3. The van der Waals surface area contributed by atoms with Crippen molar-refractivity contribution in [1.82, 2.24) is 10.3 Å². The second kappa shape index (κ2) is 5.16. The molecule has 0 aliphatic heterocycles. The van der Waals surface area contributed by atoms with Gasteiger partial charge in [-0.3, -0.25) is 0 Å². The lowest BCUT2D eigenvalue weighted by Gasteiger charge is -2.17. The molecule has 0 aliphatic rings. The highest BCUT2D eigenvalue weighted by Crippen LogP contribution is 2.24. The molecule has 1 N–H and O–H groups in total. The molecule has 0 saturated carbocycles. The van der Waals surface area contributed by atoms with Gasteiger partial charge in [0, 0.05) is 18.8 Å². The molecular weight excluding hydrogens is 221 g/mol. The molecule has 0 fully saturated rings. The zero-order valence-corrected chi connectivity index (χ0v) is 9.01. The second-order valence-electron chi connectivity index (χ2n) is 3.33. The molecule has 0 saturated heterocycles. The van der Waals surface area contributed by atoms with E-state index in [1.165, 1.54) is 12.3 Å². The number of pyridine rings is 1. The third-order valence-electron chi connectivity index (χ3n) is 1.94. The minimum atomic E-state index is -4.37. The van der Waals surface area contributed by atoms with Gasteiger partial charge in [-0.1, -0.05) is 0 Å². The van der Waals surface area contributed by atoms with Crippen LogP contribution in [0.3, 0.4) is 0 Å². The quantitative estimate of drug-likeness (QED) is 0.866. The van der Waals surface area contributed by atoms with Gasteiger partial charge in [0.25, 0.3) is 0 Å². The van der Waals surface area contributed by atoms with Crippen LogP contribution in [0.4, 0.5) is 13.2 Å². The van der Waals surface area contributed by atoms with E-state index in [9.17, 15) is 13.2 Å². The highest BCUT2D eigenvalue weighted by atomic mass is 19.4. The number of hydrogen-bond donors (Lipinski definition) is 1. The van der Waals surface area contributed by atoms with Gasteiger partial charge >= 0.3 is 6.18 Å². The molecule has 0 bridgehead atoms. The van der Waals surface area contributed by atoms with Gasteiger partial charge in [0.05, 0.1) is 0 Å². The summed E-state index contributed by atoms with van der Waals surface area (Å²) in [5.41, 5.74) is 0.821. The summed E-state index contributed by atoms with van der Waals surface area (Å²) in [4.78, 5) is 3.73. The van der Waals surface area contributed by atoms with Crippen molar-refractivity contribution in [1.29, 1.82) is 0 Å². The smallest absolute Gasteiger partial charge is 0.425 e. The minimum absolute atomic E-state index is 0.0161. The average Bonchev–Trinajstić information content (AvgIpc) is 2.17. The van der Waals surface area contributed by atoms with Crippen molar-refractivity contribution < 1.29 is 17.9 Å². The molecule has 0 aliphatic carbocycles. The number of halogens is 3. The first-order valence-electron chi connectivity index (χ1n) is 4.76. The Bertz CT molecular complexity index is 341. The van der Waals surface area contributed by atoms with E-state index in [1.807, 2.05) is 0 Å². The Balaban J connectivity index is 2.70. The van der Waals surface area contributed by atoms with Crippen molar-refractivity contribution in [2.24, 2.45) is 0 Å². The lowest BCUT2D eigenvalue weighted by atomic mass is 10.2. The number of alkyl halides is 3. The van der Waals surface area contributed by atoms with Gasteiger partial charge < -0.3 is 10.1 Å². The van der Waals surface area contributed by atoms with Gasteiger partial charge in [0.15, 0.2) is 6.10 Å². The molecule has 0 amide bonds. The standard InChI is InChI=1S/C10H13F3N2O/c1-7(10(11,12)13)16-9-5-8(6-14-2)3-4-15-9/h3-5,7,14H,6H2,1-2H3. The zero-order valence-electron chi connectivity index (χ0n) is 9.01. The highest BCUT2D eigenvalue weighted by Gasteiger charge is 2.38. The molecule has 1 aromatic heterocycles. The maximum Gasteiger partial charge on any atom is 0.425 e. The van der Waals surface area contributed by atoms with Crippen LogP contribution in [-0.4, -0.2) is 24.3 Å². The van der Waals surface area contributed by atoms with E-state index in [4.69, 9.17) is 4.74 Å². The Morgan fingerprint density at radius 1 is 1.50 bits per heavy atom. The molecule has 0 aromatic carbocycles. The van der Waals surface area contributed by atoms with Crippen LogP contribution in [-0.2, 0) is 6.54 Å². The first-order valence-corrected chi connectivity index (χ1v) is 4.76. The molecule has 1 aromatic rings. The summed E-state index contributed by atoms with van der Waals surface area (Å²) in [7, 11) is 1.75. The summed E-state index contributed by atoms with van der Waals surface area (Å²) in [6.45, 7) is 1.51. The Labute approximate surface area is 91.6 Å². The first kappa shape index (κ1) is 12.8. The van der Waals surface area contributed by atoms with E-state index in [0.717, 1.165) is 12.5 Å². The molecule has 3 nitrogen and oxygen atoms in total. The first-order chi connectivity index (χ1) is 7.43. The van der Waals surface area contributed by atoms with E-state index in [0.29, 0.717) is 6.54 Å². The van der Waals surface area contributed by atoms with Crippen LogP contribution >= 0.6 is 0 Å². The Kier molecular flexibility index (Phi) is 4.12. The number of ether oxygens (including phenoxy) is 1. The van der Waals surface area contributed by atoms with Gasteiger partial charge in [-0.05, 0) is 25.6 Å². The van der Waals surface area contributed by atoms with E-state index in [-0.39, 0.29) is 5.88 Å². The monoisotopic (exact) mass is 234 g/mol. The van der Waals surface area contributed by atoms with Crippen molar-refractivity contribution in [3.63, 3.8) is 0 Å². The fourth-order valence-electron chi connectivity index (χ4n) is 1.08. The summed E-state index contributed by atoms with van der Waals surface area (Å²) in [5.74, 6) is -0.0161. The summed E-state index contributed by atoms with van der Waals surface area (Å²) >= 11 is 0. The largest absolute Gasteiger partial charge is 0.465 e. The van der Waals surface area contributed by atoms with Crippen molar-refractivity contribution in [2.75, 3.05) is 7.05 Å². The maximum absolute atomic E-state index is 12.2. The van der Waals surface area contributed by atoms with Crippen LogP contribution in [0.2, 0.25) is 0 Å². The molecule has 1 heterocycles. The minimum Gasteiger partial charge on any atom is -0.465 e. The van der Waals surface area contributed by atoms with Crippen LogP contribution in [0.1, 0.15) is 12.5 Å². The van der Waals surface area contributed by atoms with Crippen molar-refractivity contribution in [3.05, 3.63) is 23.9 Å². The molecule has 6 heteroatoms. The lowest BCUT2D eigenvalue weighted by molar-refractivity contribution is -0.190. The average molecular weight is 234 g/mol. The molecule has 0 spiro atoms. The van der Waals surface area contributed by atoms with Crippen molar-refractivity contribution in [2.45, 2.75) is 25.7 Å². The molecule has 16 heavy (non-hydrogen) atoms. The van der Waals surface area contributed by atoms with E-state index in [2.05, 4.69) is 10.3 Å². The molecule has 0 radical (unpaired) electrons. The van der Waals surface area contributed by atoms with Gasteiger partial charge in [-0.25, -0.2) is 4.98 Å². The Hall–Kier alpha value is -1.30. The van der Waals surface area contributed by atoms with Crippen LogP contribution in [0, 0.1) is 0 Å². The summed E-state index contributed by atoms with van der Waals surface area (Å²) in [6.07, 6.45) is -4.81. The number of rotatable bonds is 4.